The molecule has 2 aliphatic heterocycles. The van der Waals surface area contributed by atoms with Crippen LogP contribution in [0.15, 0.2) is 48.5 Å². The third-order valence-electron chi connectivity index (χ3n) is 5.16. The fourth-order valence-corrected chi connectivity index (χ4v) is 3.83. The van der Waals surface area contributed by atoms with Gasteiger partial charge < -0.3 is 10.4 Å². The Kier molecular flexibility index (Phi) is 3.34. The standard InChI is InChI=1S/C19H20N2O2/c22-15-6-7-17-16(12-15)19(18(23)20-17)8-10-21(11-9-19)13-14-4-2-1-3-5-14/h1-7,12,22H,8-11,13H2,(H,20,23). The summed E-state index contributed by atoms with van der Waals surface area (Å²) in [5.74, 6) is 0.309. The Morgan fingerprint density at radius 1 is 1.09 bits per heavy atom. The molecule has 1 amide bonds. The quantitative estimate of drug-likeness (QED) is 0.839. The molecule has 0 atom stereocenters. The molecule has 0 bridgehead atoms. The minimum atomic E-state index is -0.471. The fraction of sp³-hybridized carbons (Fsp3) is 0.316. The molecule has 1 fully saturated rings. The first-order valence-electron chi connectivity index (χ1n) is 8.09. The van der Waals surface area contributed by atoms with E-state index in [9.17, 15) is 9.90 Å². The maximum Gasteiger partial charge on any atom is 0.235 e. The molecular formula is C19H20N2O2. The van der Waals surface area contributed by atoms with Gasteiger partial charge >= 0.3 is 0 Å². The van der Waals surface area contributed by atoms with Crippen LogP contribution in [0.25, 0.3) is 0 Å². The number of benzene rings is 2. The van der Waals surface area contributed by atoms with Gasteiger partial charge in [0, 0.05) is 12.2 Å². The summed E-state index contributed by atoms with van der Waals surface area (Å²) in [6.45, 7) is 2.69. The molecule has 0 aliphatic carbocycles. The number of carbonyl (C=O) groups excluding carboxylic acids is 1. The van der Waals surface area contributed by atoms with Crippen molar-refractivity contribution >= 4 is 11.6 Å². The molecule has 0 radical (unpaired) electrons. The first-order chi connectivity index (χ1) is 11.2. The monoisotopic (exact) mass is 308 g/mol. The van der Waals surface area contributed by atoms with Crippen molar-refractivity contribution in [3.63, 3.8) is 0 Å². The molecule has 2 aliphatic rings. The smallest absolute Gasteiger partial charge is 0.235 e. The van der Waals surface area contributed by atoms with E-state index < -0.39 is 5.41 Å². The molecule has 4 nitrogen and oxygen atoms in total. The zero-order valence-electron chi connectivity index (χ0n) is 13.0. The van der Waals surface area contributed by atoms with Gasteiger partial charge in [-0.1, -0.05) is 30.3 Å². The van der Waals surface area contributed by atoms with Crippen molar-refractivity contribution in [2.45, 2.75) is 24.8 Å². The van der Waals surface area contributed by atoms with Gasteiger partial charge in [-0.3, -0.25) is 9.69 Å². The third-order valence-corrected chi connectivity index (χ3v) is 5.16. The topological polar surface area (TPSA) is 52.6 Å². The van der Waals surface area contributed by atoms with E-state index in [1.54, 1.807) is 18.2 Å². The summed E-state index contributed by atoms with van der Waals surface area (Å²) in [5, 5.41) is 12.8. The highest BCUT2D eigenvalue weighted by atomic mass is 16.3. The number of hydrogen-bond acceptors (Lipinski definition) is 3. The van der Waals surface area contributed by atoms with Crippen molar-refractivity contribution in [3.05, 3.63) is 59.7 Å². The molecule has 2 N–H and O–H groups in total. The van der Waals surface area contributed by atoms with Gasteiger partial charge in [0.05, 0.1) is 5.41 Å². The zero-order chi connectivity index (χ0) is 15.9. The van der Waals surface area contributed by atoms with Gasteiger partial charge in [-0.15, -0.1) is 0 Å². The second-order valence-corrected chi connectivity index (χ2v) is 6.53. The number of nitrogens with one attached hydrogen (secondary N) is 1. The molecule has 2 aromatic rings. The van der Waals surface area contributed by atoms with Crippen molar-refractivity contribution in [2.75, 3.05) is 18.4 Å². The third kappa shape index (κ3) is 2.39. The Morgan fingerprint density at radius 2 is 1.83 bits per heavy atom. The number of carbonyl (C=O) groups is 1. The molecular weight excluding hydrogens is 288 g/mol. The highest BCUT2D eigenvalue weighted by Crippen LogP contribution is 2.46. The predicted molar refractivity (Wildman–Crippen MR) is 89.4 cm³/mol. The number of fused-ring (bicyclic) bond motifs is 2. The lowest BCUT2D eigenvalue weighted by atomic mass is 9.73. The second-order valence-electron chi connectivity index (χ2n) is 6.53. The van der Waals surface area contributed by atoms with E-state index in [1.807, 2.05) is 6.07 Å². The van der Waals surface area contributed by atoms with E-state index >= 15 is 0 Å². The molecule has 118 valence electrons. The largest absolute Gasteiger partial charge is 0.508 e. The normalized spacial score (nSPS) is 19.6. The minimum absolute atomic E-state index is 0.0810. The number of piperidine rings is 1. The van der Waals surface area contributed by atoms with Crippen molar-refractivity contribution in [1.82, 2.24) is 4.90 Å². The van der Waals surface area contributed by atoms with Crippen LogP contribution in [-0.4, -0.2) is 29.0 Å². The van der Waals surface area contributed by atoms with Crippen molar-refractivity contribution in [3.8, 4) is 5.75 Å². The minimum Gasteiger partial charge on any atom is -0.508 e. The van der Waals surface area contributed by atoms with Crippen LogP contribution in [0.1, 0.15) is 24.0 Å². The molecule has 4 rings (SSSR count). The number of rotatable bonds is 2. The molecule has 2 aromatic carbocycles. The number of phenolic OH excluding ortho intramolecular Hbond substituents is 1. The maximum absolute atomic E-state index is 12.6. The van der Waals surface area contributed by atoms with E-state index in [1.165, 1.54) is 5.56 Å². The van der Waals surface area contributed by atoms with E-state index in [0.717, 1.165) is 43.7 Å². The first kappa shape index (κ1) is 14.3. The Balaban J connectivity index is 1.53. The van der Waals surface area contributed by atoms with Crippen molar-refractivity contribution < 1.29 is 9.90 Å². The highest BCUT2D eigenvalue weighted by Gasteiger charge is 2.48. The predicted octanol–water partition coefficient (Wildman–Crippen LogP) is 2.88. The van der Waals surface area contributed by atoms with Crippen LogP contribution < -0.4 is 5.32 Å². The first-order valence-corrected chi connectivity index (χ1v) is 8.09. The summed E-state index contributed by atoms with van der Waals surface area (Å²) >= 11 is 0. The van der Waals surface area contributed by atoms with Crippen LogP contribution in [0.5, 0.6) is 5.75 Å². The number of phenols is 1. The number of anilines is 1. The van der Waals surface area contributed by atoms with Crippen LogP contribution in [0.3, 0.4) is 0 Å². The fourth-order valence-electron chi connectivity index (χ4n) is 3.83. The van der Waals surface area contributed by atoms with E-state index in [4.69, 9.17) is 0 Å². The Bertz CT molecular complexity index is 734. The molecule has 4 heteroatoms. The van der Waals surface area contributed by atoms with Gasteiger partial charge in [-0.2, -0.15) is 0 Å². The maximum atomic E-state index is 12.6. The van der Waals surface area contributed by atoms with Crippen molar-refractivity contribution in [2.24, 2.45) is 0 Å². The van der Waals surface area contributed by atoms with Gasteiger partial charge in [0.1, 0.15) is 5.75 Å². The molecule has 0 unspecified atom stereocenters. The molecule has 23 heavy (non-hydrogen) atoms. The zero-order valence-corrected chi connectivity index (χ0v) is 13.0. The lowest BCUT2D eigenvalue weighted by Crippen LogP contribution is -2.46. The molecule has 0 saturated carbocycles. The lowest BCUT2D eigenvalue weighted by molar-refractivity contribution is -0.122. The van der Waals surface area contributed by atoms with Gasteiger partial charge in [0.2, 0.25) is 5.91 Å². The van der Waals surface area contributed by atoms with Gasteiger partial charge in [0.15, 0.2) is 0 Å². The van der Waals surface area contributed by atoms with Gasteiger partial charge in [-0.05, 0) is 55.3 Å². The summed E-state index contributed by atoms with van der Waals surface area (Å²) < 4.78 is 0. The van der Waals surface area contributed by atoms with Crippen LogP contribution in [0, 0.1) is 0 Å². The van der Waals surface area contributed by atoms with E-state index in [-0.39, 0.29) is 11.7 Å². The van der Waals surface area contributed by atoms with Crippen LogP contribution >= 0.6 is 0 Å². The summed E-state index contributed by atoms with van der Waals surface area (Å²) in [4.78, 5) is 15.0. The van der Waals surface area contributed by atoms with Crippen molar-refractivity contribution in [1.29, 1.82) is 0 Å². The number of hydrogen-bond donors (Lipinski definition) is 2. The average Bonchev–Trinajstić information content (AvgIpc) is 2.83. The summed E-state index contributed by atoms with van der Waals surface area (Å²) in [7, 11) is 0. The molecule has 0 aromatic heterocycles. The SMILES string of the molecule is O=C1Nc2ccc(O)cc2C12CCN(Cc1ccccc1)CC2. The summed E-state index contributed by atoms with van der Waals surface area (Å²) in [6.07, 6.45) is 1.59. The highest BCUT2D eigenvalue weighted by molar-refractivity contribution is 6.06. The van der Waals surface area contributed by atoms with E-state index in [0.29, 0.717) is 0 Å². The Hall–Kier alpha value is -2.33. The Labute approximate surface area is 135 Å². The number of aromatic hydroxyl groups is 1. The average molecular weight is 308 g/mol. The van der Waals surface area contributed by atoms with Crippen LogP contribution in [-0.2, 0) is 16.8 Å². The lowest BCUT2D eigenvalue weighted by Gasteiger charge is -2.38. The van der Waals surface area contributed by atoms with Gasteiger partial charge in [0.25, 0.3) is 0 Å². The van der Waals surface area contributed by atoms with E-state index in [2.05, 4.69) is 34.5 Å². The number of nitrogens with zero attached hydrogens (tertiary/aromatic N) is 1. The Morgan fingerprint density at radius 3 is 2.57 bits per heavy atom. The molecule has 1 saturated heterocycles. The number of amides is 1. The second kappa shape index (κ2) is 5.39. The van der Waals surface area contributed by atoms with Gasteiger partial charge in [-0.25, -0.2) is 0 Å². The molecule has 1 spiro atoms. The number of likely N-dealkylation sites (tertiary alicyclic amines) is 1. The molecule has 2 heterocycles. The summed E-state index contributed by atoms with van der Waals surface area (Å²) in [5.41, 5.74) is 2.64. The van der Waals surface area contributed by atoms with Crippen LogP contribution in [0.2, 0.25) is 0 Å². The van der Waals surface area contributed by atoms with Crippen LogP contribution in [0.4, 0.5) is 5.69 Å². The summed E-state index contributed by atoms with van der Waals surface area (Å²) in [6, 6.07) is 15.6.